The molecule has 3 aromatic heterocycles. The van der Waals surface area contributed by atoms with Crippen LogP contribution < -0.4 is 0 Å². The molecule has 3 heterocycles. The van der Waals surface area contributed by atoms with Gasteiger partial charge in [-0.3, -0.25) is 9.25 Å². The summed E-state index contributed by atoms with van der Waals surface area (Å²) in [6.07, 6.45) is 12.7. The molecule has 0 amide bonds. The van der Waals surface area contributed by atoms with Gasteiger partial charge in [0.2, 0.25) is 0 Å². The van der Waals surface area contributed by atoms with Crippen LogP contribution in [0, 0.1) is 17.2 Å². The largest absolute Gasteiger partial charge is 0.346 e. The van der Waals surface area contributed by atoms with Crippen molar-refractivity contribution in [1.82, 2.24) is 24.7 Å². The van der Waals surface area contributed by atoms with E-state index >= 15 is 0 Å². The minimum Gasteiger partial charge on any atom is -0.346 e. The molecule has 3 aromatic rings. The number of nitriles is 1. The number of hydrogen-bond acceptors (Lipinski definition) is 5. The average Bonchev–Trinajstić information content (AvgIpc) is 3.40. The topological polar surface area (TPSA) is 141 Å². The van der Waals surface area contributed by atoms with Gasteiger partial charge in [0.1, 0.15) is 12.0 Å². The van der Waals surface area contributed by atoms with E-state index < -0.39 is 8.25 Å². The number of hydrogen-bond donors (Lipinski definition) is 3. The number of nitrogens with one attached hydrogen (secondary N) is 1. The van der Waals surface area contributed by atoms with Crippen molar-refractivity contribution in [3.05, 3.63) is 31.0 Å². The first-order valence-corrected chi connectivity index (χ1v) is 10.0. The summed E-state index contributed by atoms with van der Waals surface area (Å²) in [6.45, 7) is 0. The van der Waals surface area contributed by atoms with E-state index in [1.807, 2.05) is 29.3 Å². The highest BCUT2D eigenvalue weighted by molar-refractivity contribution is 7.30. The Balaban J connectivity index is 0.000000481. The van der Waals surface area contributed by atoms with Crippen molar-refractivity contribution in [2.24, 2.45) is 5.92 Å². The second kappa shape index (κ2) is 8.91. The molecule has 0 spiro atoms. The predicted octanol–water partition coefficient (Wildman–Crippen LogP) is 2.83. The van der Waals surface area contributed by atoms with Crippen LogP contribution in [0.2, 0.25) is 0 Å². The molecule has 0 saturated heterocycles. The van der Waals surface area contributed by atoms with Gasteiger partial charge in [-0.25, -0.2) is 9.97 Å². The van der Waals surface area contributed by atoms with Crippen molar-refractivity contribution < 1.29 is 14.4 Å². The molecule has 1 aliphatic carbocycles. The lowest BCUT2D eigenvalue weighted by Gasteiger charge is -2.21. The molecule has 0 aromatic carbocycles. The van der Waals surface area contributed by atoms with Crippen LogP contribution in [0.4, 0.5) is 0 Å². The van der Waals surface area contributed by atoms with E-state index in [1.54, 1.807) is 6.33 Å². The van der Waals surface area contributed by atoms with Gasteiger partial charge in [0.25, 0.3) is 0 Å². The third-order valence-corrected chi connectivity index (χ3v) is 4.81. The van der Waals surface area contributed by atoms with Gasteiger partial charge < -0.3 is 14.8 Å². The third kappa shape index (κ3) is 4.61. The summed E-state index contributed by atoms with van der Waals surface area (Å²) in [6, 6.07) is 4.47. The smallest absolute Gasteiger partial charge is 0.314 e. The summed E-state index contributed by atoms with van der Waals surface area (Å²) in [4.78, 5) is 26.1. The lowest BCUT2D eigenvalue weighted by molar-refractivity contribution is 0.315. The highest BCUT2D eigenvalue weighted by Crippen LogP contribution is 2.36. The molecule has 0 bridgehead atoms. The van der Waals surface area contributed by atoms with Crippen molar-refractivity contribution in [3.63, 3.8) is 0 Å². The van der Waals surface area contributed by atoms with Crippen molar-refractivity contribution >= 4 is 19.3 Å². The van der Waals surface area contributed by atoms with Gasteiger partial charge in [-0.15, -0.1) is 0 Å². The van der Waals surface area contributed by atoms with Gasteiger partial charge in [-0.2, -0.15) is 10.4 Å². The van der Waals surface area contributed by atoms with Crippen molar-refractivity contribution in [3.8, 4) is 17.3 Å². The molecule has 1 aliphatic rings. The number of fused-ring (bicyclic) bond motifs is 1. The maximum Gasteiger partial charge on any atom is 0.314 e. The second-order valence-corrected chi connectivity index (χ2v) is 6.99. The zero-order chi connectivity index (χ0) is 19.2. The molecule has 10 heteroatoms. The Morgan fingerprint density at radius 2 is 2.11 bits per heavy atom. The van der Waals surface area contributed by atoms with E-state index in [1.165, 1.54) is 25.7 Å². The Kier molecular flexibility index (Phi) is 6.35. The van der Waals surface area contributed by atoms with Gasteiger partial charge in [0.15, 0.2) is 0 Å². The first-order chi connectivity index (χ1) is 13.1. The molecule has 3 N–H and O–H groups in total. The fraction of sp³-hybridized carbons (Fsp3) is 0.412. The first-order valence-electron chi connectivity index (χ1n) is 8.71. The quantitative estimate of drug-likeness (QED) is 0.584. The van der Waals surface area contributed by atoms with Crippen molar-refractivity contribution in [2.45, 2.75) is 38.1 Å². The highest BCUT2D eigenvalue weighted by atomic mass is 31.1. The standard InChI is InChI=1S/C17H18N6.H3O3P/c18-7-5-15(12-3-1-2-4-12)23-10-13(9-22-23)16-14-6-8-19-17(14)21-11-20-16;1-4(2)3/h6,8-12,15H,1-5H2,(H,19,20,21);4H,(H2,1,2,3)/t15-;/m1./s1. The summed E-state index contributed by atoms with van der Waals surface area (Å²) < 4.78 is 10.7. The molecule has 9 nitrogen and oxygen atoms in total. The number of aromatic amines is 1. The number of rotatable bonds is 4. The predicted molar refractivity (Wildman–Crippen MR) is 99.8 cm³/mol. The molecule has 142 valence electrons. The minimum atomic E-state index is -3.13. The zero-order valence-corrected chi connectivity index (χ0v) is 15.6. The van der Waals surface area contributed by atoms with Gasteiger partial charge in [-0.1, -0.05) is 12.8 Å². The molecule has 1 atom stereocenters. The molecule has 4 rings (SSSR count). The lowest BCUT2D eigenvalue weighted by Crippen LogP contribution is -2.17. The molecule has 0 aliphatic heterocycles. The summed E-state index contributed by atoms with van der Waals surface area (Å²) in [5, 5.41) is 14.7. The van der Waals surface area contributed by atoms with Crippen molar-refractivity contribution in [1.29, 1.82) is 5.26 Å². The van der Waals surface area contributed by atoms with Gasteiger partial charge in [0.05, 0.1) is 30.4 Å². The van der Waals surface area contributed by atoms with E-state index in [0.29, 0.717) is 12.3 Å². The van der Waals surface area contributed by atoms with E-state index in [9.17, 15) is 5.26 Å². The minimum absolute atomic E-state index is 0.166. The average molecular weight is 388 g/mol. The molecule has 27 heavy (non-hydrogen) atoms. The Morgan fingerprint density at radius 3 is 2.81 bits per heavy atom. The Bertz CT molecular complexity index is 953. The van der Waals surface area contributed by atoms with E-state index in [2.05, 4.69) is 26.1 Å². The normalized spacial score (nSPS) is 15.5. The maximum absolute atomic E-state index is 9.18. The third-order valence-electron chi connectivity index (χ3n) is 4.81. The van der Waals surface area contributed by atoms with Crippen LogP contribution in [0.5, 0.6) is 0 Å². The van der Waals surface area contributed by atoms with Crippen LogP contribution in [-0.2, 0) is 4.57 Å². The van der Waals surface area contributed by atoms with Crippen LogP contribution in [0.15, 0.2) is 31.0 Å². The summed E-state index contributed by atoms with van der Waals surface area (Å²) in [5.74, 6) is 0.556. The van der Waals surface area contributed by atoms with Crippen LogP contribution in [-0.4, -0.2) is 34.5 Å². The molecular weight excluding hydrogens is 367 g/mol. The zero-order valence-electron chi connectivity index (χ0n) is 14.6. The monoisotopic (exact) mass is 388 g/mol. The SMILES string of the molecule is N#CC[C@H](C1CCCC1)n1cc(-c2ncnc3[nH]ccc23)cn1.O=[PH](O)O. The molecule has 1 saturated carbocycles. The van der Waals surface area contributed by atoms with Crippen LogP contribution in [0.25, 0.3) is 22.3 Å². The number of H-pyrrole nitrogens is 1. The van der Waals surface area contributed by atoms with Crippen LogP contribution in [0.3, 0.4) is 0 Å². The molecular formula is C17H21N6O3P. The Labute approximate surface area is 156 Å². The Morgan fingerprint density at radius 1 is 1.37 bits per heavy atom. The summed E-state index contributed by atoms with van der Waals surface area (Å²) in [5.41, 5.74) is 2.68. The van der Waals surface area contributed by atoms with E-state index in [0.717, 1.165) is 22.3 Å². The fourth-order valence-electron chi connectivity index (χ4n) is 3.66. The van der Waals surface area contributed by atoms with Gasteiger partial charge >= 0.3 is 8.25 Å². The Hall–Kier alpha value is -2.53. The van der Waals surface area contributed by atoms with E-state index in [-0.39, 0.29) is 6.04 Å². The van der Waals surface area contributed by atoms with Crippen LogP contribution in [0.1, 0.15) is 38.1 Å². The van der Waals surface area contributed by atoms with Gasteiger partial charge in [0, 0.05) is 23.3 Å². The molecule has 0 radical (unpaired) electrons. The number of aromatic nitrogens is 5. The van der Waals surface area contributed by atoms with Crippen LogP contribution >= 0.6 is 8.25 Å². The second-order valence-electron chi connectivity index (χ2n) is 6.43. The summed E-state index contributed by atoms with van der Waals surface area (Å²) in [7, 11) is -3.13. The van der Waals surface area contributed by atoms with Gasteiger partial charge in [-0.05, 0) is 24.8 Å². The summed E-state index contributed by atoms with van der Waals surface area (Å²) >= 11 is 0. The molecule has 0 unspecified atom stereocenters. The lowest BCUT2D eigenvalue weighted by atomic mass is 9.96. The van der Waals surface area contributed by atoms with E-state index in [4.69, 9.17) is 14.4 Å². The first kappa shape index (κ1) is 19.2. The van der Waals surface area contributed by atoms with Crippen molar-refractivity contribution in [2.75, 3.05) is 0 Å². The molecule has 1 fully saturated rings. The highest BCUT2D eigenvalue weighted by Gasteiger charge is 2.27. The maximum atomic E-state index is 9.18. The fourth-order valence-corrected chi connectivity index (χ4v) is 3.66. The number of nitrogens with zero attached hydrogens (tertiary/aromatic N) is 5.